The Labute approximate surface area is 114 Å². The van der Waals surface area contributed by atoms with Crippen LogP contribution in [0.15, 0.2) is 24.7 Å². The molecule has 0 bridgehead atoms. The number of alkyl halides is 6. The molecule has 2 rings (SSSR count). The third-order valence-electron chi connectivity index (χ3n) is 2.49. The summed E-state index contributed by atoms with van der Waals surface area (Å²) in [7, 11) is 1.54. The Morgan fingerprint density at radius 3 is 2.19 bits per heavy atom. The minimum absolute atomic E-state index is 0.0195. The van der Waals surface area contributed by atoms with Crippen molar-refractivity contribution in [1.29, 1.82) is 0 Å². The summed E-state index contributed by atoms with van der Waals surface area (Å²) >= 11 is 0. The first-order valence-electron chi connectivity index (χ1n) is 5.47. The van der Waals surface area contributed by atoms with Gasteiger partial charge in [0, 0.05) is 19.4 Å². The Kier molecular flexibility index (Phi) is 3.56. The first-order valence-corrected chi connectivity index (χ1v) is 5.47. The molecule has 2 aromatic rings. The highest BCUT2D eigenvalue weighted by atomic mass is 19.4. The lowest BCUT2D eigenvalue weighted by Gasteiger charge is -2.15. The molecule has 0 atom stereocenters. The molecule has 0 aliphatic carbocycles. The fraction of sp³-hybridized carbons (Fsp3) is 0.273. The van der Waals surface area contributed by atoms with Crippen molar-refractivity contribution in [3.8, 4) is 0 Å². The molecule has 21 heavy (non-hydrogen) atoms. The van der Waals surface area contributed by atoms with Gasteiger partial charge in [0.15, 0.2) is 0 Å². The highest BCUT2D eigenvalue weighted by Gasteiger charge is 2.39. The Bertz CT molecular complexity index is 643. The van der Waals surface area contributed by atoms with Gasteiger partial charge in [-0.15, -0.1) is 0 Å². The summed E-state index contributed by atoms with van der Waals surface area (Å²) in [5.41, 5.74) is -2.79. The smallest absolute Gasteiger partial charge is 0.337 e. The van der Waals surface area contributed by atoms with Crippen LogP contribution in [0.2, 0.25) is 0 Å². The van der Waals surface area contributed by atoms with Crippen molar-refractivity contribution in [1.82, 2.24) is 14.8 Å². The molecule has 0 saturated heterocycles. The van der Waals surface area contributed by atoms with Crippen molar-refractivity contribution < 1.29 is 26.3 Å². The number of aromatic nitrogens is 3. The van der Waals surface area contributed by atoms with E-state index in [-0.39, 0.29) is 11.8 Å². The Morgan fingerprint density at radius 2 is 1.71 bits per heavy atom. The number of aryl methyl sites for hydroxylation is 1. The molecule has 0 fully saturated rings. The summed E-state index contributed by atoms with van der Waals surface area (Å²) in [6, 6.07) is 0.0195. The second-order valence-corrected chi connectivity index (χ2v) is 4.14. The lowest BCUT2D eigenvalue weighted by Crippen LogP contribution is -2.14. The molecule has 0 amide bonds. The molecule has 10 heteroatoms. The second-order valence-electron chi connectivity index (χ2n) is 4.14. The largest absolute Gasteiger partial charge is 0.419 e. The predicted octanol–water partition coefficient (Wildman–Crippen LogP) is 3.60. The highest BCUT2D eigenvalue weighted by molar-refractivity contribution is 5.59. The van der Waals surface area contributed by atoms with Crippen LogP contribution in [0.5, 0.6) is 0 Å². The number of anilines is 2. The normalized spacial score (nSPS) is 12.5. The molecule has 0 saturated carbocycles. The average molecular weight is 310 g/mol. The minimum atomic E-state index is -4.97. The number of hydrogen-bond acceptors (Lipinski definition) is 3. The van der Waals surface area contributed by atoms with Crippen LogP contribution < -0.4 is 5.32 Å². The maximum Gasteiger partial charge on any atom is 0.419 e. The van der Waals surface area contributed by atoms with Crippen LogP contribution in [-0.4, -0.2) is 14.8 Å². The van der Waals surface area contributed by atoms with E-state index in [1.165, 1.54) is 24.1 Å². The van der Waals surface area contributed by atoms with Crippen LogP contribution in [-0.2, 0) is 19.4 Å². The lowest BCUT2D eigenvalue weighted by atomic mass is 10.1. The Balaban J connectivity index is 2.45. The zero-order valence-electron chi connectivity index (χ0n) is 10.4. The van der Waals surface area contributed by atoms with Gasteiger partial charge in [-0.25, -0.2) is 4.98 Å². The number of hydrogen-bond donors (Lipinski definition) is 1. The number of nitrogens with one attached hydrogen (secondary N) is 1. The van der Waals surface area contributed by atoms with Gasteiger partial charge in [-0.1, -0.05) is 0 Å². The van der Waals surface area contributed by atoms with Crippen molar-refractivity contribution in [2.45, 2.75) is 12.4 Å². The Morgan fingerprint density at radius 1 is 1.05 bits per heavy atom. The standard InChI is InChI=1S/C11H8F6N4/c1-21-5-7(4-19-21)20-9-8(11(15,16)17)2-6(3-18-9)10(12,13)14/h2-5H,1H3,(H,18,20). The van der Waals surface area contributed by atoms with Gasteiger partial charge in [0.2, 0.25) is 0 Å². The van der Waals surface area contributed by atoms with E-state index in [0.717, 1.165) is 0 Å². The molecule has 2 heterocycles. The first-order chi connectivity index (χ1) is 9.57. The average Bonchev–Trinajstić information content (AvgIpc) is 2.72. The Hall–Kier alpha value is -2.26. The topological polar surface area (TPSA) is 42.7 Å². The van der Waals surface area contributed by atoms with Crippen LogP contribution >= 0.6 is 0 Å². The molecule has 0 aromatic carbocycles. The van der Waals surface area contributed by atoms with Crippen molar-refractivity contribution >= 4 is 11.5 Å². The molecule has 0 aliphatic rings. The third kappa shape index (κ3) is 3.44. The van der Waals surface area contributed by atoms with Gasteiger partial charge in [-0.2, -0.15) is 31.4 Å². The molecule has 1 N–H and O–H groups in total. The van der Waals surface area contributed by atoms with Gasteiger partial charge in [0.25, 0.3) is 0 Å². The van der Waals surface area contributed by atoms with E-state index in [1.807, 2.05) is 0 Å². The summed E-state index contributed by atoms with van der Waals surface area (Å²) in [4.78, 5) is 3.23. The number of halogens is 6. The summed E-state index contributed by atoms with van der Waals surface area (Å²) in [6.45, 7) is 0. The van der Waals surface area contributed by atoms with E-state index in [0.29, 0.717) is 6.20 Å². The van der Waals surface area contributed by atoms with Crippen LogP contribution in [0, 0.1) is 0 Å². The summed E-state index contributed by atoms with van der Waals surface area (Å²) in [6.07, 6.45) is -6.95. The number of nitrogens with zero attached hydrogens (tertiary/aromatic N) is 3. The fourth-order valence-corrected chi connectivity index (χ4v) is 1.56. The van der Waals surface area contributed by atoms with Crippen molar-refractivity contribution in [2.24, 2.45) is 7.05 Å². The second kappa shape index (κ2) is 4.93. The predicted molar refractivity (Wildman–Crippen MR) is 60.7 cm³/mol. The van der Waals surface area contributed by atoms with E-state index in [9.17, 15) is 26.3 Å². The van der Waals surface area contributed by atoms with Crippen LogP contribution in [0.3, 0.4) is 0 Å². The molecule has 0 unspecified atom stereocenters. The van der Waals surface area contributed by atoms with E-state index in [1.54, 1.807) is 0 Å². The first kappa shape index (κ1) is 15.1. The molecule has 2 aromatic heterocycles. The van der Waals surface area contributed by atoms with E-state index in [2.05, 4.69) is 15.4 Å². The number of pyridine rings is 1. The maximum atomic E-state index is 12.9. The summed E-state index contributed by atoms with van der Waals surface area (Å²) in [5, 5.41) is 6.02. The molecule has 0 radical (unpaired) electrons. The molecular weight excluding hydrogens is 302 g/mol. The zero-order valence-corrected chi connectivity index (χ0v) is 10.4. The van der Waals surface area contributed by atoms with Crippen LogP contribution in [0.1, 0.15) is 11.1 Å². The minimum Gasteiger partial charge on any atom is -0.337 e. The number of rotatable bonds is 2. The van der Waals surface area contributed by atoms with Crippen LogP contribution in [0.25, 0.3) is 0 Å². The van der Waals surface area contributed by atoms with Gasteiger partial charge in [0.1, 0.15) is 5.82 Å². The van der Waals surface area contributed by atoms with Gasteiger partial charge in [0.05, 0.1) is 23.0 Å². The van der Waals surface area contributed by atoms with Gasteiger partial charge >= 0.3 is 12.4 Å². The van der Waals surface area contributed by atoms with Crippen molar-refractivity contribution in [3.63, 3.8) is 0 Å². The highest BCUT2D eigenvalue weighted by Crippen LogP contribution is 2.38. The van der Waals surface area contributed by atoms with Gasteiger partial charge in [-0.3, -0.25) is 4.68 Å². The molecular formula is C11H8F6N4. The van der Waals surface area contributed by atoms with E-state index in [4.69, 9.17) is 0 Å². The van der Waals surface area contributed by atoms with E-state index >= 15 is 0 Å². The van der Waals surface area contributed by atoms with Crippen molar-refractivity contribution in [3.05, 3.63) is 35.8 Å². The molecule has 4 nitrogen and oxygen atoms in total. The quantitative estimate of drug-likeness (QED) is 0.862. The molecule has 114 valence electrons. The summed E-state index contributed by atoms with van der Waals surface area (Å²) < 4.78 is 77.3. The zero-order chi connectivity index (χ0) is 15.8. The van der Waals surface area contributed by atoms with Gasteiger partial charge < -0.3 is 5.32 Å². The van der Waals surface area contributed by atoms with Crippen LogP contribution in [0.4, 0.5) is 37.8 Å². The SMILES string of the molecule is Cn1cc(Nc2ncc(C(F)(F)F)cc2C(F)(F)F)cn1. The fourth-order valence-electron chi connectivity index (χ4n) is 1.56. The lowest BCUT2D eigenvalue weighted by molar-refractivity contribution is -0.143. The maximum absolute atomic E-state index is 12.9. The molecule has 0 spiro atoms. The van der Waals surface area contributed by atoms with Crippen molar-refractivity contribution in [2.75, 3.05) is 5.32 Å². The van der Waals surface area contributed by atoms with E-state index < -0.39 is 29.3 Å². The monoisotopic (exact) mass is 310 g/mol. The third-order valence-corrected chi connectivity index (χ3v) is 2.49. The molecule has 0 aliphatic heterocycles. The summed E-state index contributed by atoms with van der Waals surface area (Å²) in [5.74, 6) is -0.719. The van der Waals surface area contributed by atoms with Gasteiger partial charge in [-0.05, 0) is 6.07 Å².